The third kappa shape index (κ3) is 5.39. The average molecular weight is 285 g/mol. The summed E-state index contributed by atoms with van der Waals surface area (Å²) in [6.07, 6.45) is 3.31. The van der Waals surface area contributed by atoms with Gasteiger partial charge in [0.2, 0.25) is 0 Å². The van der Waals surface area contributed by atoms with E-state index in [9.17, 15) is 9.59 Å². The van der Waals surface area contributed by atoms with Crippen molar-refractivity contribution in [1.29, 1.82) is 0 Å². The highest BCUT2D eigenvalue weighted by molar-refractivity contribution is 5.72. The lowest BCUT2D eigenvalue weighted by atomic mass is 9.82. The molecule has 0 bridgehead atoms. The first-order chi connectivity index (χ1) is 9.23. The summed E-state index contributed by atoms with van der Waals surface area (Å²) in [5.41, 5.74) is -0.464. The molecule has 0 aromatic heterocycles. The van der Waals surface area contributed by atoms with Crippen molar-refractivity contribution >= 4 is 12.1 Å². The van der Waals surface area contributed by atoms with Gasteiger partial charge in [0.1, 0.15) is 5.60 Å². The molecule has 1 amide bonds. The molecule has 0 unspecified atom stereocenters. The molecule has 0 aromatic rings. The van der Waals surface area contributed by atoms with Crippen LogP contribution in [0.3, 0.4) is 0 Å². The van der Waals surface area contributed by atoms with Crippen molar-refractivity contribution in [2.45, 2.75) is 52.1 Å². The van der Waals surface area contributed by atoms with E-state index in [-0.39, 0.29) is 18.0 Å². The van der Waals surface area contributed by atoms with Gasteiger partial charge in [-0.2, -0.15) is 0 Å². The monoisotopic (exact) mass is 285 g/mol. The quantitative estimate of drug-likeness (QED) is 0.748. The summed E-state index contributed by atoms with van der Waals surface area (Å²) in [5.74, 6) is 0.362. The van der Waals surface area contributed by atoms with Crippen molar-refractivity contribution in [3.05, 3.63) is 0 Å². The van der Waals surface area contributed by atoms with Gasteiger partial charge in [0.25, 0.3) is 0 Å². The molecule has 116 valence electrons. The van der Waals surface area contributed by atoms with Gasteiger partial charge >= 0.3 is 12.1 Å². The van der Waals surface area contributed by atoms with E-state index < -0.39 is 5.60 Å². The Kier molecular flexibility index (Phi) is 5.84. The fourth-order valence-electron chi connectivity index (χ4n) is 2.55. The van der Waals surface area contributed by atoms with Gasteiger partial charge in [-0.25, -0.2) is 4.79 Å². The van der Waals surface area contributed by atoms with E-state index in [0.29, 0.717) is 12.5 Å². The molecule has 0 N–H and O–H groups in total. The smallest absolute Gasteiger partial charge is 0.410 e. The highest BCUT2D eigenvalue weighted by Gasteiger charge is 2.29. The molecule has 0 radical (unpaired) electrons. The molecule has 1 fully saturated rings. The van der Waals surface area contributed by atoms with Crippen molar-refractivity contribution in [1.82, 2.24) is 4.90 Å². The van der Waals surface area contributed by atoms with Gasteiger partial charge < -0.3 is 14.4 Å². The Morgan fingerprint density at radius 2 is 1.70 bits per heavy atom. The number of rotatable bonds is 3. The highest BCUT2D eigenvalue weighted by atomic mass is 16.6. The van der Waals surface area contributed by atoms with Crippen LogP contribution in [0.1, 0.15) is 46.5 Å². The third-order valence-electron chi connectivity index (χ3n) is 3.62. The van der Waals surface area contributed by atoms with Crippen LogP contribution in [0.15, 0.2) is 0 Å². The maximum Gasteiger partial charge on any atom is 0.410 e. The lowest BCUT2D eigenvalue weighted by molar-refractivity contribution is -0.146. The number of esters is 1. The highest BCUT2D eigenvalue weighted by Crippen LogP contribution is 2.30. The molecule has 1 aliphatic carbocycles. The van der Waals surface area contributed by atoms with Crippen LogP contribution in [-0.2, 0) is 14.3 Å². The van der Waals surface area contributed by atoms with Gasteiger partial charge in [-0.1, -0.05) is 0 Å². The third-order valence-corrected chi connectivity index (χ3v) is 3.62. The van der Waals surface area contributed by atoms with Crippen LogP contribution in [-0.4, -0.2) is 43.3 Å². The summed E-state index contributed by atoms with van der Waals surface area (Å²) in [6, 6.07) is 0. The van der Waals surface area contributed by atoms with Gasteiger partial charge in [0, 0.05) is 13.6 Å². The number of hydrogen-bond donors (Lipinski definition) is 0. The lowest BCUT2D eigenvalue weighted by Crippen LogP contribution is -2.38. The van der Waals surface area contributed by atoms with Gasteiger partial charge in [-0.05, 0) is 52.4 Å². The molecular formula is C15H27NO4. The molecule has 0 saturated heterocycles. The van der Waals surface area contributed by atoms with Gasteiger partial charge in [0.05, 0.1) is 13.0 Å². The summed E-state index contributed by atoms with van der Waals surface area (Å²) in [7, 11) is 3.20. The average Bonchev–Trinajstić information content (AvgIpc) is 2.36. The number of carbonyl (C=O) groups is 2. The zero-order chi connectivity index (χ0) is 15.3. The van der Waals surface area contributed by atoms with E-state index >= 15 is 0 Å². The molecule has 0 spiro atoms. The summed E-state index contributed by atoms with van der Waals surface area (Å²) >= 11 is 0. The van der Waals surface area contributed by atoms with Crippen LogP contribution < -0.4 is 0 Å². The Hall–Kier alpha value is -1.26. The van der Waals surface area contributed by atoms with Crippen molar-refractivity contribution in [3.8, 4) is 0 Å². The van der Waals surface area contributed by atoms with Gasteiger partial charge in [0.15, 0.2) is 0 Å². The van der Waals surface area contributed by atoms with E-state index in [4.69, 9.17) is 9.47 Å². The van der Waals surface area contributed by atoms with E-state index in [1.165, 1.54) is 7.11 Å². The number of amides is 1. The largest absolute Gasteiger partial charge is 0.469 e. The van der Waals surface area contributed by atoms with Crippen LogP contribution in [0.4, 0.5) is 4.79 Å². The Morgan fingerprint density at radius 3 is 2.15 bits per heavy atom. The topological polar surface area (TPSA) is 55.8 Å². The zero-order valence-electron chi connectivity index (χ0n) is 13.3. The first-order valence-electron chi connectivity index (χ1n) is 7.25. The summed E-state index contributed by atoms with van der Waals surface area (Å²) in [5, 5.41) is 0. The molecule has 20 heavy (non-hydrogen) atoms. The summed E-state index contributed by atoms with van der Waals surface area (Å²) < 4.78 is 10.1. The SMILES string of the molecule is COC(=O)C1CCC(CN(C)C(=O)OC(C)(C)C)CC1. The first kappa shape index (κ1) is 16.8. The molecule has 1 rings (SSSR count). The first-order valence-corrected chi connectivity index (χ1v) is 7.25. The molecule has 5 nitrogen and oxygen atoms in total. The Morgan fingerprint density at radius 1 is 1.15 bits per heavy atom. The second-order valence-electron chi connectivity index (χ2n) is 6.60. The molecule has 5 heteroatoms. The fraction of sp³-hybridized carbons (Fsp3) is 0.867. The second kappa shape index (κ2) is 6.95. The van der Waals surface area contributed by atoms with E-state index in [1.54, 1.807) is 11.9 Å². The number of carbonyl (C=O) groups excluding carboxylic acids is 2. The fourth-order valence-corrected chi connectivity index (χ4v) is 2.55. The molecular weight excluding hydrogens is 258 g/mol. The second-order valence-corrected chi connectivity index (χ2v) is 6.60. The van der Waals surface area contributed by atoms with E-state index in [0.717, 1.165) is 25.7 Å². The van der Waals surface area contributed by atoms with Gasteiger partial charge in [-0.3, -0.25) is 4.79 Å². The van der Waals surface area contributed by atoms with Gasteiger partial charge in [-0.15, -0.1) is 0 Å². The molecule has 0 atom stereocenters. The number of nitrogens with zero attached hydrogens (tertiary/aromatic N) is 1. The predicted molar refractivity (Wildman–Crippen MR) is 76.3 cm³/mol. The molecule has 1 aliphatic rings. The predicted octanol–water partition coefficient (Wildman–Crippen LogP) is 2.83. The van der Waals surface area contributed by atoms with Crippen molar-refractivity contribution in [3.63, 3.8) is 0 Å². The summed E-state index contributed by atoms with van der Waals surface area (Å²) in [6.45, 7) is 6.27. The zero-order valence-corrected chi connectivity index (χ0v) is 13.3. The molecule has 1 saturated carbocycles. The Bertz CT molecular complexity index is 340. The van der Waals surface area contributed by atoms with E-state index in [2.05, 4.69) is 0 Å². The normalized spacial score (nSPS) is 23.1. The number of ether oxygens (including phenoxy) is 2. The number of hydrogen-bond acceptors (Lipinski definition) is 4. The van der Waals surface area contributed by atoms with Crippen LogP contribution in [0, 0.1) is 11.8 Å². The lowest BCUT2D eigenvalue weighted by Gasteiger charge is -2.31. The van der Waals surface area contributed by atoms with Crippen LogP contribution >= 0.6 is 0 Å². The number of methoxy groups -OCH3 is 1. The summed E-state index contributed by atoms with van der Waals surface area (Å²) in [4.78, 5) is 25.0. The maximum atomic E-state index is 11.9. The molecule has 0 heterocycles. The minimum atomic E-state index is -0.464. The van der Waals surface area contributed by atoms with Crippen molar-refractivity contribution < 1.29 is 19.1 Å². The van der Waals surface area contributed by atoms with Crippen molar-refractivity contribution in [2.75, 3.05) is 20.7 Å². The minimum absolute atomic E-state index is 0.0306. The van der Waals surface area contributed by atoms with E-state index in [1.807, 2.05) is 20.8 Å². The Labute approximate surface area is 121 Å². The standard InChI is InChI=1S/C15H27NO4/c1-15(2,3)20-14(18)16(4)10-11-6-8-12(9-7-11)13(17)19-5/h11-12H,6-10H2,1-5H3. The Balaban J connectivity index is 2.36. The molecule has 0 aliphatic heterocycles. The van der Waals surface area contributed by atoms with Crippen LogP contribution in [0.25, 0.3) is 0 Å². The van der Waals surface area contributed by atoms with Crippen LogP contribution in [0.2, 0.25) is 0 Å². The maximum absolute atomic E-state index is 11.9. The molecule has 0 aromatic carbocycles. The van der Waals surface area contributed by atoms with Crippen LogP contribution in [0.5, 0.6) is 0 Å². The van der Waals surface area contributed by atoms with Crippen molar-refractivity contribution in [2.24, 2.45) is 11.8 Å². The minimum Gasteiger partial charge on any atom is -0.469 e.